The molecule has 55 heavy (non-hydrogen) atoms. The first-order chi connectivity index (χ1) is 27.2. The van der Waals surface area contributed by atoms with E-state index in [0.717, 1.165) is 65.7 Å². The number of nitrogens with zero attached hydrogens (tertiary/aromatic N) is 3. The third-order valence-electron chi connectivity index (χ3n) is 10.7. The molecule has 0 saturated heterocycles. The largest absolute Gasteiger partial charge is 0.455 e. The van der Waals surface area contributed by atoms with Crippen molar-refractivity contribution in [3.8, 4) is 56.4 Å². The van der Waals surface area contributed by atoms with Gasteiger partial charge in [0.25, 0.3) is 0 Å². The average Bonchev–Trinajstić information content (AvgIpc) is 3.64. The number of benzene rings is 9. The van der Waals surface area contributed by atoms with Gasteiger partial charge in [-0.3, -0.25) is 0 Å². The van der Waals surface area contributed by atoms with Gasteiger partial charge in [0, 0.05) is 32.8 Å². The predicted octanol–water partition coefficient (Wildman–Crippen LogP) is 13.6. The minimum atomic E-state index is 0.603. The van der Waals surface area contributed by atoms with Crippen molar-refractivity contribution in [1.82, 2.24) is 15.0 Å². The van der Waals surface area contributed by atoms with E-state index in [2.05, 4.69) is 176 Å². The maximum absolute atomic E-state index is 6.66. The number of hydrogen-bond donors (Lipinski definition) is 0. The molecular weight excluding hydrogens is 671 g/mol. The van der Waals surface area contributed by atoms with Gasteiger partial charge in [0.15, 0.2) is 17.5 Å². The summed E-state index contributed by atoms with van der Waals surface area (Å²) in [5, 5.41) is 8.97. The third-order valence-corrected chi connectivity index (χ3v) is 10.7. The van der Waals surface area contributed by atoms with Crippen LogP contribution in [0, 0.1) is 0 Å². The van der Waals surface area contributed by atoms with Gasteiger partial charge in [-0.15, -0.1) is 0 Å². The maximum Gasteiger partial charge on any atom is 0.164 e. The van der Waals surface area contributed by atoms with Gasteiger partial charge < -0.3 is 4.42 Å². The Bertz CT molecular complexity index is 3250. The van der Waals surface area contributed by atoms with Crippen molar-refractivity contribution in [1.29, 1.82) is 0 Å². The maximum atomic E-state index is 6.66. The zero-order valence-corrected chi connectivity index (χ0v) is 29.6. The van der Waals surface area contributed by atoms with E-state index in [1.807, 2.05) is 12.1 Å². The first-order valence-corrected chi connectivity index (χ1v) is 18.5. The summed E-state index contributed by atoms with van der Waals surface area (Å²) in [6.45, 7) is 0. The summed E-state index contributed by atoms with van der Waals surface area (Å²) in [7, 11) is 0. The Morgan fingerprint density at radius 1 is 0.291 bits per heavy atom. The van der Waals surface area contributed by atoms with Crippen molar-refractivity contribution in [2.45, 2.75) is 0 Å². The van der Waals surface area contributed by atoms with Crippen LogP contribution in [0.3, 0.4) is 0 Å². The second kappa shape index (κ2) is 12.6. The first kappa shape index (κ1) is 31.1. The lowest BCUT2D eigenvalue weighted by Crippen LogP contribution is -2.00. The van der Waals surface area contributed by atoms with Gasteiger partial charge in [0.05, 0.1) is 0 Å². The van der Waals surface area contributed by atoms with Crippen molar-refractivity contribution < 1.29 is 4.42 Å². The van der Waals surface area contributed by atoms with E-state index in [9.17, 15) is 0 Å². The number of rotatable bonds is 5. The summed E-state index contributed by atoms with van der Waals surface area (Å²) in [6.07, 6.45) is 0. The molecule has 0 N–H and O–H groups in total. The van der Waals surface area contributed by atoms with Gasteiger partial charge in [0.1, 0.15) is 11.2 Å². The van der Waals surface area contributed by atoms with Crippen LogP contribution in [0.25, 0.3) is 111 Å². The summed E-state index contributed by atoms with van der Waals surface area (Å²) in [5.41, 5.74) is 9.14. The fraction of sp³-hybridized carbons (Fsp3) is 0. The molecule has 11 rings (SSSR count). The molecule has 9 aromatic carbocycles. The highest BCUT2D eigenvalue weighted by molar-refractivity contribution is 6.21. The third kappa shape index (κ3) is 5.26. The quantitative estimate of drug-likeness (QED) is 0.179. The van der Waals surface area contributed by atoms with E-state index in [4.69, 9.17) is 19.4 Å². The van der Waals surface area contributed by atoms with E-state index in [1.54, 1.807) is 0 Å². The zero-order valence-electron chi connectivity index (χ0n) is 29.6. The standard InChI is InChI=1S/C51H31N3O/c1-2-12-32(13-3-1)33-24-26-36(27-25-33)49-52-50(54-51(53-49)43-23-11-17-35-15-5-7-19-39(35)43)37-28-29-47-45(30-37)46-31-44(41-20-8-9-21-42(41)48(46)55-47)40-22-10-16-34-14-4-6-18-38(34)40/h1-31H. The van der Waals surface area contributed by atoms with Gasteiger partial charge in [0.2, 0.25) is 0 Å². The molecule has 4 heteroatoms. The van der Waals surface area contributed by atoms with Gasteiger partial charge in [-0.05, 0) is 73.5 Å². The number of fused-ring (bicyclic) bond motifs is 7. The molecule has 0 radical (unpaired) electrons. The lowest BCUT2D eigenvalue weighted by Gasteiger charge is -2.11. The Hall–Kier alpha value is -7.43. The molecule has 0 atom stereocenters. The number of furan rings is 1. The van der Waals surface area contributed by atoms with Crippen molar-refractivity contribution >= 4 is 54.3 Å². The molecule has 0 spiro atoms. The van der Waals surface area contributed by atoms with Gasteiger partial charge >= 0.3 is 0 Å². The van der Waals surface area contributed by atoms with E-state index in [1.165, 1.54) is 27.5 Å². The van der Waals surface area contributed by atoms with Crippen LogP contribution in [0.4, 0.5) is 0 Å². The van der Waals surface area contributed by atoms with E-state index in [0.29, 0.717) is 17.5 Å². The molecule has 0 unspecified atom stereocenters. The molecular formula is C51H31N3O. The molecule has 11 aromatic rings. The first-order valence-electron chi connectivity index (χ1n) is 18.5. The lowest BCUT2D eigenvalue weighted by molar-refractivity contribution is 0.672. The molecule has 0 aliphatic heterocycles. The van der Waals surface area contributed by atoms with Crippen LogP contribution >= 0.6 is 0 Å². The molecule has 0 bridgehead atoms. The zero-order chi connectivity index (χ0) is 36.3. The summed E-state index contributed by atoms with van der Waals surface area (Å²) in [6, 6.07) is 65.8. The van der Waals surface area contributed by atoms with E-state index >= 15 is 0 Å². The van der Waals surface area contributed by atoms with Gasteiger partial charge in [-0.1, -0.05) is 164 Å². The van der Waals surface area contributed by atoms with Crippen LogP contribution in [-0.4, -0.2) is 15.0 Å². The fourth-order valence-corrected chi connectivity index (χ4v) is 8.04. The van der Waals surface area contributed by atoms with E-state index < -0.39 is 0 Å². The average molecular weight is 702 g/mol. The minimum absolute atomic E-state index is 0.603. The van der Waals surface area contributed by atoms with Crippen LogP contribution in [-0.2, 0) is 0 Å². The Morgan fingerprint density at radius 2 is 0.818 bits per heavy atom. The summed E-state index contributed by atoms with van der Waals surface area (Å²) >= 11 is 0. The van der Waals surface area contributed by atoms with Crippen LogP contribution in [0.5, 0.6) is 0 Å². The Morgan fingerprint density at radius 3 is 1.56 bits per heavy atom. The summed E-state index contributed by atoms with van der Waals surface area (Å²) in [4.78, 5) is 15.4. The molecule has 256 valence electrons. The predicted molar refractivity (Wildman–Crippen MR) is 227 cm³/mol. The monoisotopic (exact) mass is 701 g/mol. The Balaban J connectivity index is 1.12. The van der Waals surface area contributed by atoms with Crippen LogP contribution < -0.4 is 0 Å². The number of hydrogen-bond acceptors (Lipinski definition) is 4. The smallest absolute Gasteiger partial charge is 0.164 e. The molecule has 0 amide bonds. The Kier molecular flexibility index (Phi) is 7.14. The summed E-state index contributed by atoms with van der Waals surface area (Å²) < 4.78 is 6.66. The topological polar surface area (TPSA) is 51.8 Å². The van der Waals surface area contributed by atoms with Crippen molar-refractivity contribution in [3.05, 3.63) is 188 Å². The van der Waals surface area contributed by atoms with Crippen molar-refractivity contribution in [3.63, 3.8) is 0 Å². The van der Waals surface area contributed by atoms with E-state index in [-0.39, 0.29) is 0 Å². The molecule has 0 fully saturated rings. The molecule has 2 aromatic heterocycles. The van der Waals surface area contributed by atoms with Crippen LogP contribution in [0.1, 0.15) is 0 Å². The number of aromatic nitrogens is 3. The SMILES string of the molecule is c1ccc(-c2ccc(-c3nc(-c4ccc5oc6c7ccccc7c(-c7cccc8ccccc78)cc6c5c4)nc(-c4cccc5ccccc45)n3)cc2)cc1. The molecule has 4 nitrogen and oxygen atoms in total. The fourth-order valence-electron chi connectivity index (χ4n) is 8.04. The molecule has 0 aliphatic carbocycles. The van der Waals surface area contributed by atoms with Gasteiger partial charge in [-0.25, -0.2) is 15.0 Å². The highest BCUT2D eigenvalue weighted by Crippen LogP contribution is 2.42. The van der Waals surface area contributed by atoms with Crippen LogP contribution in [0.2, 0.25) is 0 Å². The Labute approximate surface area is 317 Å². The molecule has 0 saturated carbocycles. The van der Waals surface area contributed by atoms with Crippen LogP contribution in [0.15, 0.2) is 192 Å². The highest BCUT2D eigenvalue weighted by atomic mass is 16.3. The molecule has 0 aliphatic rings. The van der Waals surface area contributed by atoms with Crippen molar-refractivity contribution in [2.24, 2.45) is 0 Å². The lowest BCUT2D eigenvalue weighted by atomic mass is 9.92. The normalized spacial score (nSPS) is 11.6. The highest BCUT2D eigenvalue weighted by Gasteiger charge is 2.19. The molecule has 2 heterocycles. The second-order valence-corrected chi connectivity index (χ2v) is 14.0. The second-order valence-electron chi connectivity index (χ2n) is 14.0. The van der Waals surface area contributed by atoms with Gasteiger partial charge in [-0.2, -0.15) is 0 Å². The summed E-state index contributed by atoms with van der Waals surface area (Å²) in [5.74, 6) is 1.85. The minimum Gasteiger partial charge on any atom is -0.455 e. The van der Waals surface area contributed by atoms with Crippen molar-refractivity contribution in [2.75, 3.05) is 0 Å².